The van der Waals surface area contributed by atoms with E-state index in [0.29, 0.717) is 6.61 Å². The Hall–Kier alpha value is -0.820. The molecule has 0 aliphatic heterocycles. The lowest BCUT2D eigenvalue weighted by molar-refractivity contribution is 0.295. The number of aryl methyl sites for hydroxylation is 2. The van der Waals surface area contributed by atoms with Gasteiger partial charge in [0.1, 0.15) is 0 Å². The van der Waals surface area contributed by atoms with Crippen molar-refractivity contribution in [3.05, 3.63) is 35.4 Å². The quantitative estimate of drug-likeness (QED) is 0.561. The fraction of sp³-hybridized carbons (Fsp3) is 0.739. The van der Waals surface area contributed by atoms with Crippen molar-refractivity contribution in [1.29, 1.82) is 0 Å². The molecule has 0 radical (unpaired) electrons. The summed E-state index contributed by atoms with van der Waals surface area (Å²) in [6.07, 6.45) is 15.4. The van der Waals surface area contributed by atoms with Gasteiger partial charge in [-0.25, -0.2) is 0 Å². The van der Waals surface area contributed by atoms with E-state index in [4.69, 9.17) is 5.11 Å². The Kier molecular flexibility index (Phi) is 23.5. The van der Waals surface area contributed by atoms with Crippen LogP contribution in [0.2, 0.25) is 0 Å². The molecule has 1 aromatic rings. The van der Waals surface area contributed by atoms with Crippen LogP contribution in [0.25, 0.3) is 0 Å². The largest absolute Gasteiger partial charge is 0.396 e. The lowest BCUT2D eigenvalue weighted by atomic mass is 10.0. The number of rotatable bonds is 4. The third-order valence-electron chi connectivity index (χ3n) is 3.90. The van der Waals surface area contributed by atoms with Gasteiger partial charge in [-0.15, -0.1) is 0 Å². The molecule has 0 saturated heterocycles. The topological polar surface area (TPSA) is 20.2 Å². The van der Waals surface area contributed by atoms with Crippen LogP contribution >= 0.6 is 0 Å². The minimum Gasteiger partial charge on any atom is -0.396 e. The molecule has 0 atom stereocenters. The molecule has 1 N–H and O–H groups in total. The molecule has 0 bridgehead atoms. The third kappa shape index (κ3) is 23.4. The highest BCUT2D eigenvalue weighted by atomic mass is 16.2. The second-order valence-corrected chi connectivity index (χ2v) is 6.71. The van der Waals surface area contributed by atoms with Gasteiger partial charge in [0.05, 0.1) is 0 Å². The monoisotopic (exact) mass is 336 g/mol. The van der Waals surface area contributed by atoms with Gasteiger partial charge in [-0.2, -0.15) is 0 Å². The minimum absolute atomic E-state index is 0.319. The summed E-state index contributed by atoms with van der Waals surface area (Å²) < 4.78 is 0. The molecule has 1 nitrogen and oxygen atoms in total. The van der Waals surface area contributed by atoms with E-state index in [1.807, 2.05) is 6.92 Å². The molecule has 0 spiro atoms. The zero-order valence-electron chi connectivity index (χ0n) is 17.2. The highest BCUT2D eigenvalue weighted by Crippen LogP contribution is 2.15. The molecule has 0 amide bonds. The average molecular weight is 337 g/mol. The van der Waals surface area contributed by atoms with Crippen molar-refractivity contribution in [3.8, 4) is 0 Å². The lowest BCUT2D eigenvalue weighted by Gasteiger charge is -2.05. The van der Waals surface area contributed by atoms with Crippen molar-refractivity contribution in [3.63, 3.8) is 0 Å². The Morgan fingerprint density at radius 1 is 0.625 bits per heavy atom. The first-order chi connectivity index (χ1) is 11.6. The molecule has 142 valence electrons. The summed E-state index contributed by atoms with van der Waals surface area (Å²) >= 11 is 0. The maximum atomic E-state index is 7.88. The molecular formula is C23H44O. The molecule has 1 aliphatic carbocycles. The smallest absolute Gasteiger partial charge is 0.0428 e. The average Bonchev–Trinajstić information content (AvgIpc) is 2.65. The number of hydrogen-bond acceptors (Lipinski definition) is 1. The zero-order valence-corrected chi connectivity index (χ0v) is 17.2. The molecule has 1 heteroatoms. The van der Waals surface area contributed by atoms with Crippen LogP contribution in [-0.4, -0.2) is 11.7 Å². The van der Waals surface area contributed by atoms with Gasteiger partial charge >= 0.3 is 0 Å². The molecule has 0 unspecified atom stereocenters. The fourth-order valence-electron chi connectivity index (χ4n) is 2.20. The number of aliphatic hydroxyl groups is 1. The number of aliphatic hydroxyl groups excluding tert-OH is 1. The number of benzene rings is 1. The molecule has 0 heterocycles. The highest BCUT2D eigenvalue weighted by Gasteiger charge is 1.95. The van der Waals surface area contributed by atoms with Gasteiger partial charge in [0, 0.05) is 6.61 Å². The third-order valence-corrected chi connectivity index (χ3v) is 3.90. The molecule has 2 rings (SSSR count). The van der Waals surface area contributed by atoms with Gasteiger partial charge in [-0.3, -0.25) is 0 Å². The lowest BCUT2D eigenvalue weighted by Crippen LogP contribution is -1.85. The molecule has 1 aromatic carbocycles. The molecule has 24 heavy (non-hydrogen) atoms. The zero-order chi connectivity index (χ0) is 18.5. The summed E-state index contributed by atoms with van der Waals surface area (Å²) in [4.78, 5) is 0. The predicted octanol–water partition coefficient (Wildman–Crippen LogP) is 7.62. The van der Waals surface area contributed by atoms with E-state index < -0.39 is 0 Å². The maximum Gasteiger partial charge on any atom is 0.0428 e. The first-order valence-electron chi connectivity index (χ1n) is 10.3. The Balaban J connectivity index is 0. The van der Waals surface area contributed by atoms with Crippen LogP contribution in [0.5, 0.6) is 0 Å². The molecular weight excluding hydrogens is 292 g/mol. The van der Waals surface area contributed by atoms with E-state index in [1.54, 1.807) is 0 Å². The first kappa shape index (κ1) is 25.4. The van der Waals surface area contributed by atoms with E-state index in [9.17, 15) is 0 Å². The summed E-state index contributed by atoms with van der Waals surface area (Å²) in [6.45, 7) is 10.9. The second-order valence-electron chi connectivity index (χ2n) is 6.71. The Labute approximate surface area is 152 Å². The Bertz CT molecular complexity index is 273. The summed E-state index contributed by atoms with van der Waals surface area (Å²) in [6, 6.07) is 8.48. The van der Waals surface area contributed by atoms with Crippen LogP contribution in [0.15, 0.2) is 24.3 Å². The number of hydrogen-bond donors (Lipinski definition) is 1. The van der Waals surface area contributed by atoms with E-state index in [1.165, 1.54) is 75.3 Å². The van der Waals surface area contributed by atoms with Crippen molar-refractivity contribution in [1.82, 2.24) is 0 Å². The highest BCUT2D eigenvalue weighted by molar-refractivity contribution is 5.19. The van der Waals surface area contributed by atoms with Crippen LogP contribution in [0, 0.1) is 13.8 Å². The van der Waals surface area contributed by atoms with Crippen molar-refractivity contribution in [2.24, 2.45) is 0 Å². The number of unbranched alkanes of at least 4 members (excludes halogenated alkanes) is 3. The van der Waals surface area contributed by atoms with Crippen molar-refractivity contribution >= 4 is 0 Å². The fourth-order valence-corrected chi connectivity index (χ4v) is 2.20. The van der Waals surface area contributed by atoms with Crippen molar-refractivity contribution in [2.45, 2.75) is 105 Å². The van der Waals surface area contributed by atoms with Crippen LogP contribution in [0.3, 0.4) is 0 Å². The Morgan fingerprint density at radius 3 is 1.04 bits per heavy atom. The summed E-state index contributed by atoms with van der Waals surface area (Å²) in [5.74, 6) is 0. The van der Waals surface area contributed by atoms with Gasteiger partial charge in [-0.05, 0) is 20.3 Å². The minimum atomic E-state index is 0.319. The van der Waals surface area contributed by atoms with Crippen LogP contribution < -0.4 is 0 Å². The second kappa shape index (κ2) is 22.2. The van der Waals surface area contributed by atoms with Gasteiger partial charge in [0.25, 0.3) is 0 Å². The SMILES string of the molecule is C1CCCCC1.CCCCCC.CCCO.Cc1ccc(C)cc1. The summed E-state index contributed by atoms with van der Waals surface area (Å²) in [7, 11) is 0. The van der Waals surface area contributed by atoms with Gasteiger partial charge in [0.15, 0.2) is 0 Å². The van der Waals surface area contributed by atoms with E-state index in [-0.39, 0.29) is 0 Å². The summed E-state index contributed by atoms with van der Waals surface area (Å²) in [5, 5.41) is 7.88. The van der Waals surface area contributed by atoms with Crippen LogP contribution in [-0.2, 0) is 0 Å². The first-order valence-corrected chi connectivity index (χ1v) is 10.3. The normalized spacial score (nSPS) is 12.6. The predicted molar refractivity (Wildman–Crippen MR) is 111 cm³/mol. The van der Waals surface area contributed by atoms with Crippen LogP contribution in [0.4, 0.5) is 0 Å². The maximum absolute atomic E-state index is 7.88. The Morgan fingerprint density at radius 2 is 0.875 bits per heavy atom. The van der Waals surface area contributed by atoms with Crippen molar-refractivity contribution < 1.29 is 5.11 Å². The summed E-state index contributed by atoms with van der Waals surface area (Å²) in [5.41, 5.74) is 2.66. The van der Waals surface area contributed by atoms with Crippen molar-refractivity contribution in [2.75, 3.05) is 6.61 Å². The van der Waals surface area contributed by atoms with E-state index >= 15 is 0 Å². The van der Waals surface area contributed by atoms with Gasteiger partial charge in [0.2, 0.25) is 0 Å². The molecule has 1 fully saturated rings. The van der Waals surface area contributed by atoms with E-state index in [2.05, 4.69) is 52.0 Å². The standard InChI is InChI=1S/C8H10.C6H12.C6H14.C3H8O/c1-7-3-5-8(2)6-4-7;1-2-4-6-5-3-1;1-3-5-6-4-2;1-2-3-4/h3-6H,1-2H3;1-6H2;3-6H2,1-2H3;4H,2-3H2,1H3. The molecule has 1 saturated carbocycles. The molecule has 0 aromatic heterocycles. The van der Waals surface area contributed by atoms with E-state index in [0.717, 1.165) is 6.42 Å². The van der Waals surface area contributed by atoms with Crippen LogP contribution in [0.1, 0.15) is 103 Å². The van der Waals surface area contributed by atoms with Gasteiger partial charge in [-0.1, -0.05) is 120 Å². The molecule has 1 aliphatic rings. The van der Waals surface area contributed by atoms with Gasteiger partial charge < -0.3 is 5.11 Å².